The van der Waals surface area contributed by atoms with E-state index in [9.17, 15) is 9.59 Å². The second kappa shape index (κ2) is 13.0. The smallest absolute Gasteiger partial charge is 0.223 e. The van der Waals surface area contributed by atoms with Gasteiger partial charge in [0.1, 0.15) is 12.4 Å². The number of hydrogen-bond donors (Lipinski definition) is 1. The molecule has 0 bridgehead atoms. The summed E-state index contributed by atoms with van der Waals surface area (Å²) >= 11 is 0. The minimum atomic E-state index is -0.393. The molecule has 2 aliphatic rings. The van der Waals surface area contributed by atoms with Crippen LogP contribution in [0, 0.1) is 11.8 Å². The van der Waals surface area contributed by atoms with E-state index in [-0.39, 0.29) is 17.6 Å². The molecular weight excluding hydrogens is 448 g/mol. The summed E-state index contributed by atoms with van der Waals surface area (Å²) in [6.45, 7) is 6.81. The van der Waals surface area contributed by atoms with Gasteiger partial charge in [0.2, 0.25) is 5.91 Å². The molecule has 5 heteroatoms. The predicted molar refractivity (Wildman–Crippen MR) is 144 cm³/mol. The van der Waals surface area contributed by atoms with Crippen molar-refractivity contribution in [3.05, 3.63) is 65.2 Å². The molecule has 1 heterocycles. The molecule has 36 heavy (non-hydrogen) atoms. The van der Waals surface area contributed by atoms with Crippen molar-refractivity contribution >= 4 is 11.7 Å². The number of aryl methyl sites for hydroxylation is 1. The summed E-state index contributed by atoms with van der Waals surface area (Å²) in [5.74, 6) is 1.54. The van der Waals surface area contributed by atoms with E-state index in [4.69, 9.17) is 4.74 Å². The van der Waals surface area contributed by atoms with Crippen molar-refractivity contribution in [1.82, 2.24) is 10.2 Å². The van der Waals surface area contributed by atoms with Gasteiger partial charge >= 0.3 is 0 Å². The van der Waals surface area contributed by atoms with Gasteiger partial charge in [-0.2, -0.15) is 0 Å². The fourth-order valence-electron chi connectivity index (χ4n) is 5.50. The average molecular weight is 491 g/mol. The summed E-state index contributed by atoms with van der Waals surface area (Å²) in [7, 11) is 0. The zero-order chi connectivity index (χ0) is 25.3. The van der Waals surface area contributed by atoms with Crippen LogP contribution in [-0.4, -0.2) is 35.7 Å². The largest absolute Gasteiger partial charge is 0.489 e. The number of hydrogen-bond acceptors (Lipinski definition) is 4. The van der Waals surface area contributed by atoms with Gasteiger partial charge in [-0.05, 0) is 73.4 Å². The van der Waals surface area contributed by atoms with E-state index < -0.39 is 6.04 Å². The van der Waals surface area contributed by atoms with Crippen LogP contribution in [0.15, 0.2) is 48.5 Å². The van der Waals surface area contributed by atoms with E-state index in [2.05, 4.69) is 48.3 Å². The first kappa shape index (κ1) is 26.4. The van der Waals surface area contributed by atoms with Crippen LogP contribution in [0.25, 0.3) is 0 Å². The lowest BCUT2D eigenvalue weighted by Gasteiger charge is -2.27. The molecule has 1 atom stereocenters. The molecule has 1 aliphatic heterocycles. The molecule has 1 amide bonds. The molecule has 194 valence electrons. The van der Waals surface area contributed by atoms with Gasteiger partial charge in [-0.15, -0.1) is 0 Å². The summed E-state index contributed by atoms with van der Waals surface area (Å²) in [4.78, 5) is 28.5. The summed E-state index contributed by atoms with van der Waals surface area (Å²) in [6, 6.07) is 16.2. The van der Waals surface area contributed by atoms with Crippen LogP contribution < -0.4 is 10.1 Å². The highest BCUT2D eigenvalue weighted by molar-refractivity contribution is 5.91. The highest BCUT2D eigenvalue weighted by Gasteiger charge is 2.28. The maximum Gasteiger partial charge on any atom is 0.223 e. The first-order valence-electron chi connectivity index (χ1n) is 13.8. The van der Waals surface area contributed by atoms with Crippen LogP contribution in [0.4, 0.5) is 0 Å². The van der Waals surface area contributed by atoms with Gasteiger partial charge in [0.15, 0.2) is 5.78 Å². The van der Waals surface area contributed by atoms with Crippen molar-refractivity contribution in [2.24, 2.45) is 11.8 Å². The van der Waals surface area contributed by atoms with Crippen molar-refractivity contribution < 1.29 is 14.3 Å². The van der Waals surface area contributed by atoms with Gasteiger partial charge < -0.3 is 10.1 Å². The molecule has 1 aliphatic carbocycles. The van der Waals surface area contributed by atoms with Crippen molar-refractivity contribution in [3.63, 3.8) is 0 Å². The van der Waals surface area contributed by atoms with Gasteiger partial charge in [0.25, 0.3) is 0 Å². The van der Waals surface area contributed by atoms with Gasteiger partial charge in [-0.25, -0.2) is 0 Å². The number of amides is 1. The molecule has 1 saturated carbocycles. The predicted octanol–water partition coefficient (Wildman–Crippen LogP) is 5.69. The van der Waals surface area contributed by atoms with Crippen molar-refractivity contribution in [3.8, 4) is 5.75 Å². The fourth-order valence-corrected chi connectivity index (χ4v) is 5.50. The first-order chi connectivity index (χ1) is 17.5. The highest BCUT2D eigenvalue weighted by Crippen LogP contribution is 2.26. The Morgan fingerprint density at radius 1 is 1.00 bits per heavy atom. The van der Waals surface area contributed by atoms with E-state index in [1.165, 1.54) is 17.5 Å². The quantitative estimate of drug-likeness (QED) is 0.465. The highest BCUT2D eigenvalue weighted by atomic mass is 16.5. The third-order valence-electron chi connectivity index (χ3n) is 7.51. The number of Topliss-reactive ketones (excluding diaryl/α,β-unsaturated/α-hetero) is 1. The summed E-state index contributed by atoms with van der Waals surface area (Å²) in [5, 5.41) is 3.15. The molecule has 1 N–H and O–H groups in total. The topological polar surface area (TPSA) is 58.6 Å². The molecule has 0 radical (unpaired) electrons. The molecule has 1 unspecified atom stereocenters. The van der Waals surface area contributed by atoms with E-state index in [1.807, 2.05) is 24.3 Å². The fraction of sp³-hybridized carbons (Fsp3) is 0.548. The van der Waals surface area contributed by atoms with E-state index >= 15 is 0 Å². The Kier molecular flexibility index (Phi) is 9.57. The number of ether oxygens (including phenoxy) is 1. The van der Waals surface area contributed by atoms with Gasteiger partial charge in [0.05, 0.1) is 12.6 Å². The van der Waals surface area contributed by atoms with Crippen LogP contribution in [0.2, 0.25) is 0 Å². The number of rotatable bonds is 10. The minimum Gasteiger partial charge on any atom is -0.489 e. The molecule has 2 aromatic rings. The van der Waals surface area contributed by atoms with Crippen LogP contribution in [0.5, 0.6) is 5.75 Å². The zero-order valence-corrected chi connectivity index (χ0v) is 22.0. The van der Waals surface area contributed by atoms with E-state index in [0.29, 0.717) is 25.5 Å². The van der Waals surface area contributed by atoms with Crippen LogP contribution in [0.1, 0.15) is 75.5 Å². The van der Waals surface area contributed by atoms with Crippen molar-refractivity contribution in [1.29, 1.82) is 0 Å². The molecule has 0 saturated heterocycles. The lowest BCUT2D eigenvalue weighted by Crippen LogP contribution is -2.48. The number of benzene rings is 2. The van der Waals surface area contributed by atoms with E-state index in [0.717, 1.165) is 62.9 Å². The molecule has 2 aromatic carbocycles. The Balaban J connectivity index is 1.35. The monoisotopic (exact) mass is 490 g/mol. The van der Waals surface area contributed by atoms with Crippen LogP contribution in [0.3, 0.4) is 0 Å². The Bertz CT molecular complexity index is 998. The number of fused-ring (bicyclic) bond motifs is 1. The second-order valence-electron chi connectivity index (χ2n) is 11.0. The Morgan fingerprint density at radius 2 is 1.78 bits per heavy atom. The Morgan fingerprint density at radius 3 is 2.53 bits per heavy atom. The molecule has 0 aromatic heterocycles. The first-order valence-corrected chi connectivity index (χ1v) is 13.8. The summed E-state index contributed by atoms with van der Waals surface area (Å²) < 4.78 is 6.04. The molecule has 0 spiro atoms. The Labute approximate surface area is 216 Å². The number of carbonyl (C=O) groups excluding carboxylic acids is 2. The maximum absolute atomic E-state index is 13.4. The van der Waals surface area contributed by atoms with Crippen molar-refractivity contribution in [2.45, 2.75) is 84.4 Å². The second-order valence-corrected chi connectivity index (χ2v) is 11.0. The standard InChI is InChI=1S/C31H42N2O3/c1-23(2)18-29(32-31(35)25-12-7-4-8-13-25)30(34)21-33-17-9-14-26-19-28(16-15-27(26)20-33)36-22-24-10-5-3-6-11-24/h3,5-6,10-11,15-16,19,23,25,29H,4,7-9,12-14,17-18,20-22H2,1-2H3,(H,32,35). The number of ketones is 1. The number of carbonyl (C=O) groups is 2. The van der Waals surface area contributed by atoms with Gasteiger partial charge in [-0.3, -0.25) is 14.5 Å². The molecule has 5 nitrogen and oxygen atoms in total. The molecule has 1 fully saturated rings. The molecule has 4 rings (SSSR count). The average Bonchev–Trinajstić information content (AvgIpc) is 3.09. The lowest BCUT2D eigenvalue weighted by molar-refractivity contribution is -0.131. The Hall–Kier alpha value is -2.66. The third-order valence-corrected chi connectivity index (χ3v) is 7.51. The third kappa shape index (κ3) is 7.67. The van der Waals surface area contributed by atoms with Crippen molar-refractivity contribution in [2.75, 3.05) is 13.1 Å². The SMILES string of the molecule is CC(C)CC(NC(=O)C1CCCCC1)C(=O)CN1CCCc2cc(OCc3ccccc3)ccc2C1. The van der Waals surface area contributed by atoms with E-state index in [1.54, 1.807) is 0 Å². The minimum absolute atomic E-state index is 0.0737. The number of nitrogens with one attached hydrogen (secondary N) is 1. The maximum atomic E-state index is 13.4. The number of nitrogens with zero attached hydrogens (tertiary/aromatic N) is 1. The molecular formula is C31H42N2O3. The summed E-state index contributed by atoms with van der Waals surface area (Å²) in [6.07, 6.45) is 8.05. The van der Waals surface area contributed by atoms with Crippen LogP contribution in [-0.2, 0) is 29.2 Å². The van der Waals surface area contributed by atoms with Crippen LogP contribution >= 0.6 is 0 Å². The summed E-state index contributed by atoms with van der Waals surface area (Å²) in [5.41, 5.74) is 3.72. The lowest BCUT2D eigenvalue weighted by atomic mass is 9.88. The zero-order valence-electron chi connectivity index (χ0n) is 22.0. The van der Waals surface area contributed by atoms with Gasteiger partial charge in [-0.1, -0.05) is 69.5 Å². The normalized spacial score (nSPS) is 17.8. The van der Waals surface area contributed by atoms with Gasteiger partial charge in [0, 0.05) is 12.5 Å².